The van der Waals surface area contributed by atoms with Crippen LogP contribution in [-0.2, 0) is 23.8 Å². The third-order valence-corrected chi connectivity index (χ3v) is 3.23. The Kier molecular flexibility index (Phi) is 2.82. The fourth-order valence-corrected chi connectivity index (χ4v) is 2.24. The maximum Gasteiger partial charge on any atom is 0.103 e. The molecule has 1 aliphatic heterocycles. The van der Waals surface area contributed by atoms with Crippen LogP contribution in [0.4, 0.5) is 0 Å². The van der Waals surface area contributed by atoms with Gasteiger partial charge in [-0.1, -0.05) is 35.5 Å². The second-order valence-electron chi connectivity index (χ2n) is 4.01. The summed E-state index contributed by atoms with van der Waals surface area (Å²) in [7, 11) is 0. The normalized spacial score (nSPS) is 19.0. The first-order valence-electron chi connectivity index (χ1n) is 5.52. The highest BCUT2D eigenvalue weighted by Gasteiger charge is 2.24. The topological polar surface area (TPSA) is 39.9 Å². The molecule has 2 heterocycles. The van der Waals surface area contributed by atoms with Crippen LogP contribution in [0.2, 0.25) is 0 Å². The number of alkyl halides is 1. The molecule has 1 aliphatic rings. The van der Waals surface area contributed by atoms with Gasteiger partial charge in [0.25, 0.3) is 0 Å². The van der Waals surface area contributed by atoms with Crippen molar-refractivity contribution in [2.45, 2.75) is 25.1 Å². The molecule has 88 valence electrons. The molecule has 0 radical (unpaired) electrons. The van der Waals surface area contributed by atoms with Gasteiger partial charge in [0.05, 0.1) is 24.7 Å². The Labute approximate surface area is 104 Å². The summed E-state index contributed by atoms with van der Waals surface area (Å²) >= 11 is 5.79. The molecule has 0 saturated heterocycles. The highest BCUT2D eigenvalue weighted by molar-refractivity contribution is 6.16. The molecule has 0 aliphatic carbocycles. The van der Waals surface area contributed by atoms with E-state index in [-0.39, 0.29) is 6.10 Å². The molecular weight excluding hydrogens is 238 g/mol. The quantitative estimate of drug-likeness (QED) is 0.767. The lowest BCUT2D eigenvalue weighted by molar-refractivity contribution is -0.00170. The van der Waals surface area contributed by atoms with E-state index in [0.29, 0.717) is 19.0 Å². The van der Waals surface area contributed by atoms with Crippen molar-refractivity contribution >= 4 is 11.6 Å². The molecule has 0 fully saturated rings. The Morgan fingerprint density at radius 3 is 2.94 bits per heavy atom. The number of halogens is 1. The fourth-order valence-electron chi connectivity index (χ4n) is 2.04. The van der Waals surface area contributed by atoms with E-state index in [2.05, 4.69) is 22.4 Å². The minimum atomic E-state index is 0.0496. The first-order chi connectivity index (χ1) is 8.38. The molecule has 0 saturated carbocycles. The number of hydrogen-bond donors (Lipinski definition) is 0. The number of benzene rings is 1. The predicted molar refractivity (Wildman–Crippen MR) is 63.6 cm³/mol. The van der Waals surface area contributed by atoms with Gasteiger partial charge in [0.1, 0.15) is 11.8 Å². The highest BCUT2D eigenvalue weighted by Crippen LogP contribution is 2.26. The van der Waals surface area contributed by atoms with Crippen molar-refractivity contribution in [3.8, 4) is 0 Å². The van der Waals surface area contributed by atoms with E-state index < -0.39 is 0 Å². The van der Waals surface area contributed by atoms with E-state index in [1.165, 1.54) is 5.56 Å². The van der Waals surface area contributed by atoms with E-state index in [9.17, 15) is 0 Å². The lowest BCUT2D eigenvalue weighted by Crippen LogP contribution is -2.22. The van der Waals surface area contributed by atoms with Gasteiger partial charge in [0.15, 0.2) is 0 Å². The molecule has 17 heavy (non-hydrogen) atoms. The molecule has 0 amide bonds. The molecule has 0 bridgehead atoms. The molecule has 5 heteroatoms. The highest BCUT2D eigenvalue weighted by atomic mass is 35.5. The van der Waals surface area contributed by atoms with Gasteiger partial charge in [-0.3, -0.25) is 0 Å². The summed E-state index contributed by atoms with van der Waals surface area (Å²) in [5, 5.41) is 8.15. The van der Waals surface area contributed by atoms with Crippen molar-refractivity contribution in [1.82, 2.24) is 15.0 Å². The van der Waals surface area contributed by atoms with E-state index in [0.717, 1.165) is 11.4 Å². The Balaban J connectivity index is 1.86. The van der Waals surface area contributed by atoms with Gasteiger partial charge in [-0.15, -0.1) is 16.7 Å². The standard InChI is InChI=1S/C12H12ClN3O/c13-6-10-11-8-17-12(7-16(11)15-14-10)9-4-2-1-3-5-9/h1-5,12H,6-8H2/t12-/m1/s1. The van der Waals surface area contributed by atoms with Crippen molar-refractivity contribution in [3.63, 3.8) is 0 Å². The van der Waals surface area contributed by atoms with Gasteiger partial charge < -0.3 is 4.74 Å². The van der Waals surface area contributed by atoms with Crippen molar-refractivity contribution < 1.29 is 4.74 Å². The van der Waals surface area contributed by atoms with Crippen LogP contribution in [0.1, 0.15) is 23.1 Å². The first kappa shape index (κ1) is 10.7. The van der Waals surface area contributed by atoms with Crippen molar-refractivity contribution in [2.75, 3.05) is 0 Å². The van der Waals surface area contributed by atoms with Crippen molar-refractivity contribution in [1.29, 1.82) is 0 Å². The SMILES string of the molecule is ClCc1nnn2c1CO[C@@H](c1ccccc1)C2. The number of ether oxygens (including phenoxy) is 1. The van der Waals surface area contributed by atoms with Gasteiger partial charge in [-0.2, -0.15) is 0 Å². The van der Waals surface area contributed by atoms with Crippen LogP contribution in [-0.4, -0.2) is 15.0 Å². The smallest absolute Gasteiger partial charge is 0.103 e. The van der Waals surface area contributed by atoms with Crippen molar-refractivity contribution in [3.05, 3.63) is 47.3 Å². The molecule has 4 nitrogen and oxygen atoms in total. The van der Waals surface area contributed by atoms with Crippen LogP contribution in [0.3, 0.4) is 0 Å². The van der Waals surface area contributed by atoms with E-state index in [1.807, 2.05) is 22.9 Å². The zero-order valence-corrected chi connectivity index (χ0v) is 9.97. The number of fused-ring (bicyclic) bond motifs is 1. The Bertz CT molecular complexity index is 512. The third kappa shape index (κ3) is 1.94. The zero-order valence-electron chi connectivity index (χ0n) is 9.21. The average Bonchev–Trinajstić information content (AvgIpc) is 2.81. The predicted octanol–water partition coefficient (Wildman–Crippen LogP) is 2.29. The number of rotatable bonds is 2. The molecule has 0 unspecified atom stereocenters. The van der Waals surface area contributed by atoms with E-state index in [1.54, 1.807) is 0 Å². The number of aromatic nitrogens is 3. The maximum atomic E-state index is 5.83. The van der Waals surface area contributed by atoms with Gasteiger partial charge in [0.2, 0.25) is 0 Å². The second kappa shape index (κ2) is 4.47. The summed E-state index contributed by atoms with van der Waals surface area (Å²) in [6.45, 7) is 1.22. The largest absolute Gasteiger partial charge is 0.365 e. The molecule has 2 aromatic rings. The maximum absolute atomic E-state index is 5.83. The minimum absolute atomic E-state index is 0.0496. The van der Waals surface area contributed by atoms with Crippen molar-refractivity contribution in [2.24, 2.45) is 0 Å². The van der Waals surface area contributed by atoms with Crippen LogP contribution in [0, 0.1) is 0 Å². The zero-order chi connectivity index (χ0) is 11.7. The van der Waals surface area contributed by atoms with E-state index in [4.69, 9.17) is 16.3 Å². The second-order valence-corrected chi connectivity index (χ2v) is 4.28. The van der Waals surface area contributed by atoms with Gasteiger partial charge in [-0.25, -0.2) is 4.68 Å². The average molecular weight is 250 g/mol. The monoisotopic (exact) mass is 249 g/mol. The number of hydrogen-bond acceptors (Lipinski definition) is 3. The Hall–Kier alpha value is -1.39. The summed E-state index contributed by atoms with van der Waals surface area (Å²) in [4.78, 5) is 0. The summed E-state index contributed by atoms with van der Waals surface area (Å²) in [6, 6.07) is 10.2. The van der Waals surface area contributed by atoms with Crippen LogP contribution in [0.5, 0.6) is 0 Å². The van der Waals surface area contributed by atoms with Gasteiger partial charge >= 0.3 is 0 Å². The van der Waals surface area contributed by atoms with Crippen LogP contribution in [0.15, 0.2) is 30.3 Å². The number of nitrogens with zero attached hydrogens (tertiary/aromatic N) is 3. The van der Waals surface area contributed by atoms with Crippen LogP contribution in [0.25, 0.3) is 0 Å². The van der Waals surface area contributed by atoms with E-state index >= 15 is 0 Å². The molecule has 0 spiro atoms. The summed E-state index contributed by atoms with van der Waals surface area (Å²) < 4.78 is 7.72. The summed E-state index contributed by atoms with van der Waals surface area (Å²) in [6.07, 6.45) is 0.0496. The lowest BCUT2D eigenvalue weighted by atomic mass is 10.1. The minimum Gasteiger partial charge on any atom is -0.365 e. The molecule has 1 atom stereocenters. The summed E-state index contributed by atoms with van der Waals surface area (Å²) in [5.41, 5.74) is 2.98. The first-order valence-corrected chi connectivity index (χ1v) is 6.05. The Morgan fingerprint density at radius 2 is 2.18 bits per heavy atom. The third-order valence-electron chi connectivity index (χ3n) is 2.98. The lowest BCUT2D eigenvalue weighted by Gasteiger charge is -2.24. The summed E-state index contributed by atoms with van der Waals surface area (Å²) in [5.74, 6) is 0.384. The molecule has 1 aromatic heterocycles. The van der Waals surface area contributed by atoms with Crippen LogP contribution < -0.4 is 0 Å². The molecule has 1 aromatic carbocycles. The van der Waals surface area contributed by atoms with Crippen LogP contribution >= 0.6 is 11.6 Å². The van der Waals surface area contributed by atoms with Gasteiger partial charge in [-0.05, 0) is 5.56 Å². The fraction of sp³-hybridized carbons (Fsp3) is 0.333. The molecule has 0 N–H and O–H groups in total. The van der Waals surface area contributed by atoms with Gasteiger partial charge in [0, 0.05) is 0 Å². The molecular formula is C12H12ClN3O. The molecule has 3 rings (SSSR count). The Morgan fingerprint density at radius 1 is 1.35 bits per heavy atom.